The van der Waals surface area contributed by atoms with Gasteiger partial charge in [-0.2, -0.15) is 5.10 Å². The van der Waals surface area contributed by atoms with Gasteiger partial charge in [0.05, 0.1) is 5.52 Å². The van der Waals surface area contributed by atoms with Crippen molar-refractivity contribution >= 4 is 11.4 Å². The average Bonchev–Trinajstić information content (AvgIpc) is 3.23. The van der Waals surface area contributed by atoms with Gasteiger partial charge >= 0.3 is 0 Å². The van der Waals surface area contributed by atoms with Crippen LogP contribution in [-0.2, 0) is 4.79 Å². The van der Waals surface area contributed by atoms with E-state index in [0.29, 0.717) is 12.3 Å². The first kappa shape index (κ1) is 19.5. The van der Waals surface area contributed by atoms with Crippen LogP contribution in [0.15, 0.2) is 48.7 Å². The average molecular weight is 392 g/mol. The molecule has 0 bridgehead atoms. The van der Waals surface area contributed by atoms with Gasteiger partial charge in [-0.25, -0.2) is 4.52 Å². The summed E-state index contributed by atoms with van der Waals surface area (Å²) in [7, 11) is 0. The Morgan fingerprint density at radius 2 is 1.86 bits per heavy atom. The highest BCUT2D eigenvalue weighted by atomic mass is 16.5. The number of hydrogen-bond donors (Lipinski definition) is 0. The lowest BCUT2D eigenvalue weighted by Gasteiger charge is -2.32. The van der Waals surface area contributed by atoms with Crippen LogP contribution >= 0.6 is 0 Å². The molecular weight excluding hydrogens is 362 g/mol. The van der Waals surface area contributed by atoms with Gasteiger partial charge < -0.3 is 9.64 Å². The first-order chi connectivity index (χ1) is 14.2. The van der Waals surface area contributed by atoms with E-state index in [-0.39, 0.29) is 6.10 Å². The quantitative estimate of drug-likeness (QED) is 0.602. The van der Waals surface area contributed by atoms with E-state index in [4.69, 9.17) is 4.74 Å². The monoisotopic (exact) mass is 391 g/mol. The summed E-state index contributed by atoms with van der Waals surface area (Å²) in [6, 6.07) is 14.5. The van der Waals surface area contributed by atoms with Crippen molar-refractivity contribution in [1.82, 2.24) is 14.5 Å². The largest absolute Gasteiger partial charge is 0.490 e. The maximum atomic E-state index is 12.2. The molecule has 3 heterocycles. The summed E-state index contributed by atoms with van der Waals surface area (Å²) in [5.74, 6) is 1.18. The van der Waals surface area contributed by atoms with Gasteiger partial charge in [0.15, 0.2) is 0 Å². The maximum Gasteiger partial charge on any atom is 0.222 e. The summed E-state index contributed by atoms with van der Waals surface area (Å²) in [5.41, 5.74) is 4.56. The number of amides is 1. The number of hydrogen-bond acceptors (Lipinski definition) is 3. The van der Waals surface area contributed by atoms with Crippen molar-refractivity contribution in [3.63, 3.8) is 0 Å². The number of fused-ring (bicyclic) bond motifs is 1. The molecule has 29 heavy (non-hydrogen) atoms. The Kier molecular flexibility index (Phi) is 5.84. The zero-order chi connectivity index (χ0) is 20.2. The Morgan fingerprint density at radius 1 is 1.10 bits per heavy atom. The molecule has 0 saturated carbocycles. The lowest BCUT2D eigenvalue weighted by molar-refractivity contribution is -0.133. The van der Waals surface area contributed by atoms with Crippen molar-refractivity contribution in [2.75, 3.05) is 13.1 Å². The minimum absolute atomic E-state index is 0.179. The zero-order valence-corrected chi connectivity index (χ0v) is 17.3. The van der Waals surface area contributed by atoms with E-state index in [1.165, 1.54) is 5.56 Å². The summed E-state index contributed by atoms with van der Waals surface area (Å²) in [6.45, 7) is 5.81. The third kappa shape index (κ3) is 4.29. The number of nitrogens with zero attached hydrogens (tertiary/aromatic N) is 3. The second-order valence-corrected chi connectivity index (χ2v) is 7.83. The molecule has 0 N–H and O–H groups in total. The third-order valence-electron chi connectivity index (χ3n) is 5.81. The molecule has 1 aromatic carbocycles. The molecule has 1 fully saturated rings. The highest BCUT2D eigenvalue weighted by molar-refractivity contribution is 5.76. The summed E-state index contributed by atoms with van der Waals surface area (Å²) in [6.07, 6.45) is 6.52. The fourth-order valence-electron chi connectivity index (χ4n) is 4.04. The van der Waals surface area contributed by atoms with Crippen molar-refractivity contribution in [2.45, 2.75) is 52.1 Å². The molecule has 0 unspecified atom stereocenters. The van der Waals surface area contributed by atoms with E-state index in [1.807, 2.05) is 33.8 Å². The molecule has 3 aromatic rings. The Morgan fingerprint density at radius 3 is 2.59 bits per heavy atom. The molecule has 0 radical (unpaired) electrons. The van der Waals surface area contributed by atoms with Gasteiger partial charge in [-0.1, -0.05) is 31.5 Å². The van der Waals surface area contributed by atoms with Gasteiger partial charge in [0, 0.05) is 49.8 Å². The maximum absolute atomic E-state index is 12.2. The van der Waals surface area contributed by atoms with Gasteiger partial charge in [0.2, 0.25) is 5.91 Å². The number of aromatic nitrogens is 2. The SMILES string of the molecule is CCCCC(=O)N1CCC(Oc2ccc(-c3ccc4ccnn4c3C)cc2)CC1. The second-order valence-electron chi connectivity index (χ2n) is 7.83. The van der Waals surface area contributed by atoms with Crippen LogP contribution < -0.4 is 4.74 Å². The number of unbranched alkanes of at least 4 members (excludes halogenated alkanes) is 1. The molecule has 152 valence electrons. The summed E-state index contributed by atoms with van der Waals surface area (Å²) < 4.78 is 8.16. The number of benzene rings is 1. The summed E-state index contributed by atoms with van der Waals surface area (Å²) in [4.78, 5) is 14.2. The van der Waals surface area contributed by atoms with E-state index in [1.54, 1.807) is 0 Å². The van der Waals surface area contributed by atoms with Crippen LogP contribution in [0.2, 0.25) is 0 Å². The number of ether oxygens (including phenoxy) is 1. The lowest BCUT2D eigenvalue weighted by Crippen LogP contribution is -2.41. The zero-order valence-electron chi connectivity index (χ0n) is 17.3. The fraction of sp³-hybridized carbons (Fsp3) is 0.417. The van der Waals surface area contributed by atoms with Crippen LogP contribution in [0.5, 0.6) is 5.75 Å². The summed E-state index contributed by atoms with van der Waals surface area (Å²) in [5, 5.41) is 4.40. The number of aryl methyl sites for hydroxylation is 1. The Balaban J connectivity index is 1.36. The van der Waals surface area contributed by atoms with E-state index in [9.17, 15) is 4.79 Å². The number of rotatable bonds is 6. The molecule has 1 saturated heterocycles. The smallest absolute Gasteiger partial charge is 0.222 e. The molecule has 1 amide bonds. The van der Waals surface area contributed by atoms with Crippen molar-refractivity contribution < 1.29 is 9.53 Å². The van der Waals surface area contributed by atoms with Crippen molar-refractivity contribution in [3.8, 4) is 16.9 Å². The van der Waals surface area contributed by atoms with Gasteiger partial charge in [-0.3, -0.25) is 4.79 Å². The minimum atomic E-state index is 0.179. The highest BCUT2D eigenvalue weighted by Crippen LogP contribution is 2.27. The van der Waals surface area contributed by atoms with Crippen molar-refractivity contribution in [1.29, 1.82) is 0 Å². The normalized spacial score (nSPS) is 15.0. The molecule has 5 heteroatoms. The van der Waals surface area contributed by atoms with Crippen LogP contribution in [0.3, 0.4) is 0 Å². The second kappa shape index (κ2) is 8.68. The van der Waals surface area contributed by atoms with E-state index >= 15 is 0 Å². The molecule has 2 aromatic heterocycles. The molecule has 0 atom stereocenters. The van der Waals surface area contributed by atoms with Crippen LogP contribution in [0, 0.1) is 6.92 Å². The number of carbonyl (C=O) groups excluding carboxylic acids is 1. The molecule has 1 aliphatic heterocycles. The first-order valence-corrected chi connectivity index (χ1v) is 10.6. The number of likely N-dealkylation sites (tertiary alicyclic amines) is 1. The fourth-order valence-corrected chi connectivity index (χ4v) is 4.04. The lowest BCUT2D eigenvalue weighted by atomic mass is 10.0. The number of piperidine rings is 1. The Bertz CT molecular complexity index is 969. The highest BCUT2D eigenvalue weighted by Gasteiger charge is 2.23. The van der Waals surface area contributed by atoms with E-state index in [2.05, 4.69) is 43.2 Å². The minimum Gasteiger partial charge on any atom is -0.490 e. The Hall–Kier alpha value is -2.82. The van der Waals surface area contributed by atoms with E-state index < -0.39 is 0 Å². The van der Waals surface area contributed by atoms with Crippen LogP contribution in [0.1, 0.15) is 44.7 Å². The molecule has 5 nitrogen and oxygen atoms in total. The molecule has 0 spiro atoms. The van der Waals surface area contributed by atoms with Crippen LogP contribution in [0.4, 0.5) is 0 Å². The standard InChI is InChI=1S/C24H29N3O2/c1-3-4-5-24(28)26-16-13-22(14-17-26)29-21-9-6-19(7-10-21)23-11-8-20-12-15-25-27(20)18(23)2/h6-12,15,22H,3-5,13-14,16-17H2,1-2H3. The Labute approximate surface area is 172 Å². The molecule has 1 aliphatic rings. The number of pyridine rings is 1. The van der Waals surface area contributed by atoms with Crippen molar-refractivity contribution in [3.05, 3.63) is 54.4 Å². The van der Waals surface area contributed by atoms with Crippen LogP contribution in [-0.4, -0.2) is 39.6 Å². The first-order valence-electron chi connectivity index (χ1n) is 10.6. The van der Waals surface area contributed by atoms with Crippen molar-refractivity contribution in [2.24, 2.45) is 0 Å². The van der Waals surface area contributed by atoms with Gasteiger partial charge in [-0.05, 0) is 43.2 Å². The molecular formula is C24H29N3O2. The van der Waals surface area contributed by atoms with Gasteiger partial charge in [-0.15, -0.1) is 0 Å². The molecule has 0 aliphatic carbocycles. The molecule has 4 rings (SSSR count). The summed E-state index contributed by atoms with van der Waals surface area (Å²) >= 11 is 0. The van der Waals surface area contributed by atoms with Crippen LogP contribution in [0.25, 0.3) is 16.6 Å². The van der Waals surface area contributed by atoms with Gasteiger partial charge in [0.1, 0.15) is 11.9 Å². The topological polar surface area (TPSA) is 46.8 Å². The predicted octanol–water partition coefficient (Wildman–Crippen LogP) is 4.87. The third-order valence-corrected chi connectivity index (χ3v) is 5.81. The predicted molar refractivity (Wildman–Crippen MR) is 115 cm³/mol. The van der Waals surface area contributed by atoms with E-state index in [0.717, 1.165) is 61.3 Å². The van der Waals surface area contributed by atoms with Gasteiger partial charge in [0.25, 0.3) is 0 Å². The number of carbonyl (C=O) groups is 1.